The number of hydrogen-bond acceptors (Lipinski definition) is 6. The van der Waals surface area contributed by atoms with Crippen molar-refractivity contribution in [3.63, 3.8) is 0 Å². The number of aromatic nitrogens is 1. The Hall–Kier alpha value is -2.15. The van der Waals surface area contributed by atoms with Crippen molar-refractivity contribution in [1.29, 1.82) is 0 Å². The number of imide groups is 1. The largest absolute Gasteiger partial charge is 1.00 e. The third-order valence-electron chi connectivity index (χ3n) is 8.77. The first-order valence-electron chi connectivity index (χ1n) is 17.5. The number of carbonyl (C=O) groups excluding carboxylic acids is 3. The molecule has 1 N–H and O–H groups in total. The molecule has 1 fully saturated rings. The zero-order chi connectivity index (χ0) is 32.9. The number of pyridine rings is 1. The van der Waals surface area contributed by atoms with Gasteiger partial charge in [-0.15, -0.1) is 0 Å². The zero-order valence-corrected chi connectivity index (χ0v) is 31.5. The van der Waals surface area contributed by atoms with Gasteiger partial charge in [0.1, 0.15) is 6.54 Å². The van der Waals surface area contributed by atoms with Gasteiger partial charge in [-0.05, 0) is 19.8 Å². The fourth-order valence-corrected chi connectivity index (χ4v) is 5.68. The first-order valence-corrected chi connectivity index (χ1v) is 17.5. The summed E-state index contributed by atoms with van der Waals surface area (Å²) in [5, 5.41) is 2.97. The van der Waals surface area contributed by atoms with E-state index >= 15 is 0 Å². The Morgan fingerprint density at radius 3 is 2.02 bits per heavy atom. The number of halogens is 1. The van der Waals surface area contributed by atoms with Crippen LogP contribution in [-0.2, 0) is 20.8 Å². The van der Waals surface area contributed by atoms with Crippen LogP contribution < -0.4 is 38.8 Å². The maximum absolute atomic E-state index is 12.8. The lowest BCUT2D eigenvalue weighted by Gasteiger charge is -2.24. The molecule has 2 atom stereocenters. The van der Waals surface area contributed by atoms with Crippen LogP contribution >= 0.6 is 0 Å². The number of unbranched alkanes of at least 4 members (excludes halogenated alkanes) is 12. The normalized spacial score (nSPS) is 14.3. The minimum atomic E-state index is -0.471. The SMILES string of the molecule is CCCCCCCCCCCCCCCC(NC(=O)OCCCN1CC(=O)N(CC[n+]2ccc(N(C)C)cc2)C1=O)C(C)OC.[I-]. The molecule has 1 aromatic heterocycles. The van der Waals surface area contributed by atoms with Crippen LogP contribution in [0, 0.1) is 0 Å². The first-order chi connectivity index (χ1) is 21.8. The summed E-state index contributed by atoms with van der Waals surface area (Å²) in [6.07, 6.45) is 21.6. The van der Waals surface area contributed by atoms with Gasteiger partial charge >= 0.3 is 12.1 Å². The summed E-state index contributed by atoms with van der Waals surface area (Å²) in [6, 6.07) is 3.59. The molecule has 11 heteroatoms. The molecule has 0 saturated carbocycles. The summed E-state index contributed by atoms with van der Waals surface area (Å²) in [5.74, 6) is -0.200. The number of nitrogens with zero attached hydrogens (tertiary/aromatic N) is 4. The van der Waals surface area contributed by atoms with E-state index in [1.165, 1.54) is 80.4 Å². The van der Waals surface area contributed by atoms with Crippen LogP contribution in [0.2, 0.25) is 0 Å². The van der Waals surface area contributed by atoms with Gasteiger partial charge < -0.3 is 48.6 Å². The lowest BCUT2D eigenvalue weighted by Crippen LogP contribution is -3.00. The molecular formula is C35H62IN5O5. The molecule has 2 unspecified atom stereocenters. The van der Waals surface area contributed by atoms with Crippen LogP contribution in [0.4, 0.5) is 15.3 Å². The molecule has 46 heavy (non-hydrogen) atoms. The number of hydrogen-bond donors (Lipinski definition) is 1. The maximum atomic E-state index is 12.8. The van der Waals surface area contributed by atoms with E-state index in [2.05, 4.69) is 12.2 Å². The fraction of sp³-hybridized carbons (Fsp3) is 0.771. The third-order valence-corrected chi connectivity index (χ3v) is 8.77. The second-order valence-corrected chi connectivity index (χ2v) is 12.7. The van der Waals surface area contributed by atoms with E-state index in [9.17, 15) is 14.4 Å². The average molecular weight is 760 g/mol. The molecule has 264 valence electrons. The van der Waals surface area contributed by atoms with Crippen LogP contribution in [0.15, 0.2) is 24.5 Å². The molecule has 4 amide bonds. The molecule has 1 aliphatic heterocycles. The van der Waals surface area contributed by atoms with Gasteiger partial charge in [-0.2, -0.15) is 0 Å². The van der Waals surface area contributed by atoms with Crippen LogP contribution in [0.3, 0.4) is 0 Å². The number of ether oxygens (including phenoxy) is 2. The quantitative estimate of drug-likeness (QED) is 0.0713. The van der Waals surface area contributed by atoms with Crippen molar-refractivity contribution < 1.29 is 52.4 Å². The number of alkyl carbamates (subject to hydrolysis) is 1. The molecule has 0 aromatic carbocycles. The van der Waals surface area contributed by atoms with Crippen LogP contribution in [0.5, 0.6) is 0 Å². The van der Waals surface area contributed by atoms with E-state index in [0.29, 0.717) is 26.1 Å². The Bertz CT molecular complexity index is 981. The second-order valence-electron chi connectivity index (χ2n) is 12.7. The monoisotopic (exact) mass is 759 g/mol. The van der Waals surface area contributed by atoms with Crippen molar-refractivity contribution in [2.24, 2.45) is 0 Å². The Labute approximate surface area is 295 Å². The minimum absolute atomic E-state index is 0. The molecule has 2 rings (SSSR count). The highest BCUT2D eigenvalue weighted by atomic mass is 127. The number of amides is 4. The van der Waals surface area contributed by atoms with Crippen LogP contribution in [0.25, 0.3) is 0 Å². The van der Waals surface area contributed by atoms with Crippen molar-refractivity contribution >= 4 is 23.7 Å². The Morgan fingerprint density at radius 2 is 1.48 bits per heavy atom. The molecule has 0 radical (unpaired) electrons. The van der Waals surface area contributed by atoms with E-state index in [1.807, 2.05) is 55.0 Å². The summed E-state index contributed by atoms with van der Waals surface area (Å²) in [6.45, 7) is 5.66. The van der Waals surface area contributed by atoms with Gasteiger partial charge in [-0.25, -0.2) is 14.2 Å². The number of methoxy groups -OCH3 is 1. The van der Waals surface area contributed by atoms with Gasteiger partial charge in [-0.1, -0.05) is 90.4 Å². The smallest absolute Gasteiger partial charge is 0.407 e. The minimum Gasteiger partial charge on any atom is -1.00 e. The molecule has 0 aliphatic carbocycles. The van der Waals surface area contributed by atoms with E-state index in [1.54, 1.807) is 7.11 Å². The lowest BCUT2D eigenvalue weighted by molar-refractivity contribution is -0.695. The van der Waals surface area contributed by atoms with Crippen molar-refractivity contribution in [1.82, 2.24) is 15.1 Å². The van der Waals surface area contributed by atoms with Crippen molar-refractivity contribution in [3.05, 3.63) is 24.5 Å². The number of carbonyl (C=O) groups is 3. The van der Waals surface area contributed by atoms with Gasteiger partial charge in [0.2, 0.25) is 0 Å². The second kappa shape index (κ2) is 24.9. The summed E-state index contributed by atoms with van der Waals surface area (Å²) in [7, 11) is 5.62. The predicted octanol–water partition coefficient (Wildman–Crippen LogP) is 3.31. The molecular weight excluding hydrogens is 697 g/mol. The van der Waals surface area contributed by atoms with E-state index in [0.717, 1.165) is 24.9 Å². The van der Waals surface area contributed by atoms with Crippen LogP contribution in [-0.4, -0.2) is 87.4 Å². The molecule has 1 saturated heterocycles. The van der Waals surface area contributed by atoms with Crippen LogP contribution in [0.1, 0.15) is 110 Å². The van der Waals surface area contributed by atoms with Crippen molar-refractivity contribution in [3.8, 4) is 0 Å². The lowest BCUT2D eigenvalue weighted by atomic mass is 10.0. The molecule has 1 aliphatic rings. The van der Waals surface area contributed by atoms with Gasteiger partial charge in [0.15, 0.2) is 18.9 Å². The fourth-order valence-electron chi connectivity index (χ4n) is 5.68. The number of nitrogens with one attached hydrogen (secondary N) is 1. The molecule has 0 spiro atoms. The summed E-state index contributed by atoms with van der Waals surface area (Å²) in [5.41, 5.74) is 1.08. The number of urea groups is 1. The average Bonchev–Trinajstić information content (AvgIpc) is 3.30. The number of rotatable bonds is 25. The van der Waals surface area contributed by atoms with Crippen molar-refractivity contribution in [2.45, 2.75) is 129 Å². The van der Waals surface area contributed by atoms with Crippen molar-refractivity contribution in [2.75, 3.05) is 52.3 Å². The highest BCUT2D eigenvalue weighted by Crippen LogP contribution is 2.15. The van der Waals surface area contributed by atoms with E-state index < -0.39 is 6.09 Å². The Kier molecular flexibility index (Phi) is 22.7. The summed E-state index contributed by atoms with van der Waals surface area (Å²) in [4.78, 5) is 42.6. The van der Waals surface area contributed by atoms with Gasteiger partial charge in [-0.3, -0.25) is 9.69 Å². The molecule has 2 heterocycles. The maximum Gasteiger partial charge on any atom is 0.407 e. The summed E-state index contributed by atoms with van der Waals surface area (Å²) < 4.78 is 12.9. The highest BCUT2D eigenvalue weighted by Gasteiger charge is 2.36. The molecule has 0 bridgehead atoms. The topological polar surface area (TPSA) is 95.3 Å². The van der Waals surface area contributed by atoms with Gasteiger partial charge in [0.25, 0.3) is 5.91 Å². The molecule has 10 nitrogen and oxygen atoms in total. The van der Waals surface area contributed by atoms with Gasteiger partial charge in [0, 0.05) is 45.6 Å². The van der Waals surface area contributed by atoms with E-state index in [4.69, 9.17) is 9.47 Å². The van der Waals surface area contributed by atoms with E-state index in [-0.39, 0.29) is 61.2 Å². The number of anilines is 1. The third kappa shape index (κ3) is 16.6. The first kappa shape index (κ1) is 41.9. The standard InChI is InChI=1S/C35H61N5O5.HI/c1-6-7-8-9-10-11-12-13-14-15-16-17-18-20-32(30(2)44-5)36-34(42)45-28-19-23-39-29-33(41)40(35(39)43)27-26-38-24-21-31(22-25-38)37(3)4;/h21-22,24-25,30,32H,6-20,23,26-29H2,1-5H3;1H. The Balaban J connectivity index is 0.0000106. The molecule has 1 aromatic rings. The summed E-state index contributed by atoms with van der Waals surface area (Å²) >= 11 is 0. The highest BCUT2D eigenvalue weighted by molar-refractivity contribution is 6.01. The Morgan fingerprint density at radius 1 is 0.913 bits per heavy atom. The predicted molar refractivity (Wildman–Crippen MR) is 179 cm³/mol. The zero-order valence-electron chi connectivity index (χ0n) is 29.3. The van der Waals surface area contributed by atoms with Gasteiger partial charge in [0.05, 0.1) is 25.3 Å².